The summed E-state index contributed by atoms with van der Waals surface area (Å²) in [6, 6.07) is 0.855. The number of carbonyl (C=O) groups is 2. The Balaban J connectivity index is 0.000000200. The van der Waals surface area contributed by atoms with Gasteiger partial charge in [-0.05, 0) is 19.8 Å². The van der Waals surface area contributed by atoms with E-state index in [0.717, 1.165) is 68.9 Å². The molecule has 122 valence electrons. The Morgan fingerprint density at radius 3 is 1.90 bits per heavy atom. The molecule has 0 unspecified atom stereocenters. The van der Waals surface area contributed by atoms with Gasteiger partial charge in [0.2, 0.25) is 0 Å². The molecule has 0 bridgehead atoms. The van der Waals surface area contributed by atoms with Crippen LogP contribution in [0.2, 0.25) is 0 Å². The maximum atomic E-state index is 10.9. The summed E-state index contributed by atoms with van der Waals surface area (Å²) in [5.74, 6) is 0.904. The van der Waals surface area contributed by atoms with E-state index in [4.69, 9.17) is 0 Å². The van der Waals surface area contributed by atoms with Gasteiger partial charge >= 0.3 is 0 Å². The Kier molecular flexibility index (Phi) is 7.78. The molecule has 0 N–H and O–H groups in total. The fraction of sp³-hybridized carbons (Fsp3) is 0.875. The molecule has 0 aromatic heterocycles. The van der Waals surface area contributed by atoms with Gasteiger partial charge in [-0.1, -0.05) is 0 Å². The lowest BCUT2D eigenvalue weighted by Crippen LogP contribution is -3.00. The first-order valence-electron chi connectivity index (χ1n) is 8.13. The number of Topliss-reactive ketones (excluding diaryl/α,β-unsaturated/α-hetero) is 2. The van der Waals surface area contributed by atoms with E-state index >= 15 is 0 Å². The minimum Gasteiger partial charge on any atom is -1.00 e. The van der Waals surface area contributed by atoms with Crippen LogP contribution in [0.3, 0.4) is 0 Å². The van der Waals surface area contributed by atoms with Crippen LogP contribution >= 0.6 is 0 Å². The Bertz CT molecular complexity index is 349. The van der Waals surface area contributed by atoms with Gasteiger partial charge < -0.3 is 28.5 Å². The molecule has 2 saturated heterocycles. The van der Waals surface area contributed by atoms with Gasteiger partial charge in [-0.2, -0.15) is 0 Å². The molecule has 0 spiro atoms. The van der Waals surface area contributed by atoms with Crippen LogP contribution < -0.4 is 24.0 Å². The lowest BCUT2D eigenvalue weighted by Gasteiger charge is -2.36. The Morgan fingerprint density at radius 2 is 1.48 bits per heavy atom. The molecule has 3 rings (SSSR count). The Morgan fingerprint density at radius 1 is 1.00 bits per heavy atom. The van der Waals surface area contributed by atoms with Crippen LogP contribution in [0, 0.1) is 0 Å². The van der Waals surface area contributed by atoms with E-state index in [-0.39, 0.29) is 24.0 Å². The third-order valence-electron chi connectivity index (χ3n) is 5.04. The summed E-state index contributed by atoms with van der Waals surface area (Å²) in [6.07, 6.45) is 5.93. The number of rotatable bonds is 2. The molecule has 21 heavy (non-hydrogen) atoms. The minimum absolute atomic E-state index is 0. The molecule has 4 nitrogen and oxygen atoms in total. The van der Waals surface area contributed by atoms with Gasteiger partial charge in [0.05, 0.1) is 39.5 Å². The van der Waals surface area contributed by atoms with Crippen LogP contribution in [0.25, 0.3) is 0 Å². The molecule has 5 heteroatoms. The second-order valence-electron chi connectivity index (χ2n) is 6.73. The molecule has 0 amide bonds. The highest BCUT2D eigenvalue weighted by Gasteiger charge is 2.30. The van der Waals surface area contributed by atoms with Gasteiger partial charge in [-0.15, -0.1) is 0 Å². The number of halogens is 1. The first-order chi connectivity index (χ1) is 9.52. The number of carbonyl (C=O) groups excluding carboxylic acids is 2. The number of hydrogen-bond acceptors (Lipinski definition) is 3. The van der Waals surface area contributed by atoms with E-state index in [1.807, 2.05) is 0 Å². The third kappa shape index (κ3) is 6.32. The molecule has 0 aromatic carbocycles. The largest absolute Gasteiger partial charge is 1.00 e. The number of ketones is 2. The smallest absolute Gasteiger partial charge is 0.144 e. The van der Waals surface area contributed by atoms with E-state index < -0.39 is 0 Å². The molecular formula is C16H29IN2O2. The first-order valence-corrected chi connectivity index (χ1v) is 8.13. The minimum atomic E-state index is 0. The maximum absolute atomic E-state index is 10.9. The zero-order chi connectivity index (χ0) is 14.6. The Hall–Kier alpha value is -0.0100. The van der Waals surface area contributed by atoms with Crippen LogP contribution in [-0.4, -0.2) is 66.8 Å². The number of nitrogens with zero attached hydrogens (tertiary/aromatic N) is 2. The van der Waals surface area contributed by atoms with Crippen LogP contribution in [0.15, 0.2) is 0 Å². The van der Waals surface area contributed by atoms with Crippen molar-refractivity contribution in [1.82, 2.24) is 4.90 Å². The summed E-state index contributed by atoms with van der Waals surface area (Å²) in [7, 11) is 2.23. The van der Waals surface area contributed by atoms with Crippen LogP contribution in [0.1, 0.15) is 45.4 Å². The quantitative estimate of drug-likeness (QED) is 0.418. The lowest BCUT2D eigenvalue weighted by atomic mass is 10.1. The van der Waals surface area contributed by atoms with Crippen molar-refractivity contribution in [3.8, 4) is 0 Å². The molecule has 0 radical (unpaired) electrons. The summed E-state index contributed by atoms with van der Waals surface area (Å²) in [5.41, 5.74) is 0. The SMILES string of the molecule is CC[N+]1(C)CCC(=O)CC1.O=C1CCN(C2CC2)CC1.[I-]. The molecule has 0 aromatic rings. The van der Waals surface area contributed by atoms with Gasteiger partial charge in [0.15, 0.2) is 0 Å². The van der Waals surface area contributed by atoms with Gasteiger partial charge in [-0.25, -0.2) is 0 Å². The number of likely N-dealkylation sites (tertiary alicyclic amines) is 2. The zero-order valence-corrected chi connectivity index (χ0v) is 15.6. The average Bonchev–Trinajstić information content (AvgIpc) is 3.29. The van der Waals surface area contributed by atoms with Gasteiger partial charge in [0.25, 0.3) is 0 Å². The number of piperidine rings is 2. The monoisotopic (exact) mass is 408 g/mol. The van der Waals surface area contributed by atoms with Gasteiger partial charge in [-0.3, -0.25) is 14.5 Å². The standard InChI is InChI=1S/C8H13NO.C8H16NO.HI/c10-8-3-5-9(6-4-8)7-1-2-7;1-3-9(2)6-4-8(10)5-7-9;/h7H,1-6H2;3-7H2,1-2H3;1H/q;+1;/p-1. The highest BCUT2D eigenvalue weighted by molar-refractivity contribution is 5.79. The summed E-state index contributed by atoms with van der Waals surface area (Å²) in [6.45, 7) is 7.51. The van der Waals surface area contributed by atoms with E-state index in [0.29, 0.717) is 11.6 Å². The van der Waals surface area contributed by atoms with E-state index in [1.165, 1.54) is 12.8 Å². The summed E-state index contributed by atoms with van der Waals surface area (Å²) < 4.78 is 1.09. The summed E-state index contributed by atoms with van der Waals surface area (Å²) >= 11 is 0. The fourth-order valence-corrected chi connectivity index (χ4v) is 2.92. The van der Waals surface area contributed by atoms with Gasteiger partial charge in [0.1, 0.15) is 11.6 Å². The zero-order valence-electron chi connectivity index (χ0n) is 13.4. The normalized spacial score (nSPS) is 25.6. The topological polar surface area (TPSA) is 37.4 Å². The predicted octanol–water partition coefficient (Wildman–Crippen LogP) is -1.37. The van der Waals surface area contributed by atoms with Crippen molar-refractivity contribution in [3.63, 3.8) is 0 Å². The van der Waals surface area contributed by atoms with E-state index in [2.05, 4.69) is 18.9 Å². The molecule has 2 aliphatic heterocycles. The molecule has 1 aliphatic carbocycles. The lowest BCUT2D eigenvalue weighted by molar-refractivity contribution is -0.909. The van der Waals surface area contributed by atoms with E-state index in [1.54, 1.807) is 0 Å². The van der Waals surface area contributed by atoms with Crippen molar-refractivity contribution in [2.75, 3.05) is 39.8 Å². The van der Waals surface area contributed by atoms with Crippen molar-refractivity contribution in [2.24, 2.45) is 0 Å². The Labute approximate surface area is 145 Å². The van der Waals surface area contributed by atoms with Crippen LogP contribution in [0.5, 0.6) is 0 Å². The van der Waals surface area contributed by atoms with E-state index in [9.17, 15) is 9.59 Å². The fourth-order valence-electron chi connectivity index (χ4n) is 2.92. The number of quaternary nitrogens is 1. The molecule has 2 heterocycles. The summed E-state index contributed by atoms with van der Waals surface area (Å²) in [4.78, 5) is 24.1. The van der Waals surface area contributed by atoms with Crippen LogP contribution in [-0.2, 0) is 9.59 Å². The second kappa shape index (κ2) is 8.58. The summed E-state index contributed by atoms with van der Waals surface area (Å²) in [5, 5.41) is 0. The molecule has 1 saturated carbocycles. The molecular weight excluding hydrogens is 379 g/mol. The molecule has 3 aliphatic rings. The third-order valence-corrected chi connectivity index (χ3v) is 5.04. The second-order valence-corrected chi connectivity index (χ2v) is 6.73. The maximum Gasteiger partial charge on any atom is 0.144 e. The highest BCUT2D eigenvalue weighted by Crippen LogP contribution is 2.28. The van der Waals surface area contributed by atoms with Crippen molar-refractivity contribution in [1.29, 1.82) is 0 Å². The van der Waals surface area contributed by atoms with Crippen LogP contribution in [0.4, 0.5) is 0 Å². The molecule has 0 atom stereocenters. The van der Waals surface area contributed by atoms with Crippen molar-refractivity contribution in [3.05, 3.63) is 0 Å². The van der Waals surface area contributed by atoms with Crippen molar-refractivity contribution >= 4 is 11.6 Å². The highest BCUT2D eigenvalue weighted by atomic mass is 127. The van der Waals surface area contributed by atoms with Gasteiger partial charge in [0, 0.05) is 32.0 Å². The first kappa shape index (κ1) is 19.0. The van der Waals surface area contributed by atoms with Crippen molar-refractivity contribution < 1.29 is 38.0 Å². The van der Waals surface area contributed by atoms with Crippen molar-refractivity contribution in [2.45, 2.75) is 51.5 Å². The molecule has 3 fully saturated rings. The predicted molar refractivity (Wildman–Crippen MR) is 79.5 cm³/mol. The average molecular weight is 408 g/mol. The number of hydrogen-bond donors (Lipinski definition) is 0.